The van der Waals surface area contributed by atoms with Gasteiger partial charge in [-0.25, -0.2) is 0 Å². The Hall–Kier alpha value is 0.939. The summed E-state index contributed by atoms with van der Waals surface area (Å²) < 4.78 is 0. The predicted octanol–water partition coefficient (Wildman–Crippen LogP) is 0.115. The molecule has 0 aromatic heterocycles. The molecule has 0 bridgehead atoms. The standard InChI is InChI=1S/C3H6O.4O.2Ti/c1-3(2)4;;;;;;/h1-2H3;;;;;;/q;4*-2;2*+4. The fourth-order valence-corrected chi connectivity index (χ4v) is 0. The third-order valence-corrected chi connectivity index (χ3v) is 0. The second-order valence-electron chi connectivity index (χ2n) is 0.908. The van der Waals surface area contributed by atoms with Gasteiger partial charge in [0.25, 0.3) is 0 Å². The van der Waals surface area contributed by atoms with Crippen LogP contribution in [0.25, 0.3) is 0 Å². The fourth-order valence-electron chi connectivity index (χ4n) is 0. The summed E-state index contributed by atoms with van der Waals surface area (Å²) in [5, 5.41) is 0. The largest absolute Gasteiger partial charge is 4.00 e. The van der Waals surface area contributed by atoms with Crippen LogP contribution in [0.1, 0.15) is 13.8 Å². The van der Waals surface area contributed by atoms with Gasteiger partial charge in [0.2, 0.25) is 0 Å². The van der Waals surface area contributed by atoms with Gasteiger partial charge in [-0.15, -0.1) is 0 Å². The van der Waals surface area contributed by atoms with E-state index in [4.69, 9.17) is 0 Å². The molecule has 0 fully saturated rings. The Morgan fingerprint density at radius 2 is 0.800 bits per heavy atom. The molecule has 0 amide bonds. The van der Waals surface area contributed by atoms with Crippen molar-refractivity contribution in [2.24, 2.45) is 0 Å². The SMILES string of the molecule is CC(C)=O.[O-2].[O-2].[O-2].[O-2].[Ti+4].[Ti+4]. The molecule has 0 heterocycles. The van der Waals surface area contributed by atoms with Crippen molar-refractivity contribution >= 4 is 5.78 Å². The van der Waals surface area contributed by atoms with Gasteiger partial charge < -0.3 is 26.7 Å². The van der Waals surface area contributed by atoms with Gasteiger partial charge in [0.15, 0.2) is 0 Å². The molecule has 0 aliphatic carbocycles. The van der Waals surface area contributed by atoms with E-state index in [9.17, 15) is 4.79 Å². The Morgan fingerprint density at radius 1 is 0.800 bits per heavy atom. The molecule has 56 valence electrons. The van der Waals surface area contributed by atoms with E-state index in [2.05, 4.69) is 0 Å². The summed E-state index contributed by atoms with van der Waals surface area (Å²) in [6.45, 7) is 3.06. The summed E-state index contributed by atoms with van der Waals surface area (Å²) in [5.41, 5.74) is 0. The summed E-state index contributed by atoms with van der Waals surface area (Å²) in [6.07, 6.45) is 0. The van der Waals surface area contributed by atoms with Crippen molar-refractivity contribution < 1.29 is 70.1 Å². The minimum absolute atomic E-state index is 0. The molecule has 0 aliphatic heterocycles. The van der Waals surface area contributed by atoms with Crippen LogP contribution in [-0.4, -0.2) is 5.78 Å². The van der Waals surface area contributed by atoms with Crippen molar-refractivity contribution in [2.75, 3.05) is 0 Å². The summed E-state index contributed by atoms with van der Waals surface area (Å²) in [7, 11) is 0. The van der Waals surface area contributed by atoms with E-state index in [1.807, 2.05) is 0 Å². The number of hydrogen-bond acceptors (Lipinski definition) is 1. The molecule has 7 heteroatoms. The number of carbonyl (C=O) groups is 1. The molecule has 0 saturated heterocycles. The Balaban J connectivity index is -0.00000000300. The van der Waals surface area contributed by atoms with Gasteiger partial charge in [0.1, 0.15) is 5.78 Å². The normalized spacial score (nSPS) is 2.60. The third kappa shape index (κ3) is 639. The van der Waals surface area contributed by atoms with E-state index in [1.165, 1.54) is 13.8 Å². The Bertz CT molecular complexity index is 37.9. The molecular weight excluding hydrogens is 212 g/mol. The molecule has 0 radical (unpaired) electrons. The number of hydrogen-bond donors (Lipinski definition) is 0. The maximum absolute atomic E-state index is 9.44. The van der Waals surface area contributed by atoms with Crippen molar-refractivity contribution in [3.8, 4) is 0 Å². The van der Waals surface area contributed by atoms with Crippen LogP contribution in [0, 0.1) is 0 Å². The minimum atomic E-state index is 0. The average molecular weight is 218 g/mol. The van der Waals surface area contributed by atoms with Gasteiger partial charge >= 0.3 is 43.4 Å². The molecule has 10 heavy (non-hydrogen) atoms. The van der Waals surface area contributed by atoms with E-state index in [0.29, 0.717) is 0 Å². The van der Waals surface area contributed by atoms with Crippen LogP contribution in [0.4, 0.5) is 0 Å². The first kappa shape index (κ1) is 69.7. The summed E-state index contributed by atoms with van der Waals surface area (Å²) >= 11 is 0. The van der Waals surface area contributed by atoms with Gasteiger partial charge in [-0.1, -0.05) is 0 Å². The molecule has 0 unspecified atom stereocenters. The Morgan fingerprint density at radius 3 is 0.800 bits per heavy atom. The number of rotatable bonds is 0. The Labute approximate surface area is 89.6 Å². The minimum Gasteiger partial charge on any atom is -2.00 e. The topological polar surface area (TPSA) is 131 Å². The molecule has 0 rings (SSSR count). The van der Waals surface area contributed by atoms with Crippen LogP contribution in [0.2, 0.25) is 0 Å². The van der Waals surface area contributed by atoms with E-state index in [-0.39, 0.29) is 71.1 Å². The smallest absolute Gasteiger partial charge is 2.00 e. The van der Waals surface area contributed by atoms with Crippen molar-refractivity contribution in [2.45, 2.75) is 13.8 Å². The van der Waals surface area contributed by atoms with Gasteiger partial charge in [0, 0.05) is 0 Å². The van der Waals surface area contributed by atoms with Crippen LogP contribution < -0.4 is 0 Å². The second-order valence-corrected chi connectivity index (χ2v) is 0.908. The number of ketones is 1. The zero-order valence-corrected chi connectivity index (χ0v) is 8.66. The summed E-state index contributed by atoms with van der Waals surface area (Å²) in [5.74, 6) is 0.167. The van der Waals surface area contributed by atoms with Crippen molar-refractivity contribution in [1.82, 2.24) is 0 Å². The molecule has 0 aromatic rings. The van der Waals surface area contributed by atoms with E-state index < -0.39 is 0 Å². The maximum Gasteiger partial charge on any atom is 4.00 e. The predicted molar refractivity (Wildman–Crippen MR) is 19.1 cm³/mol. The molecular formula is C3H6O5Ti2. The summed E-state index contributed by atoms with van der Waals surface area (Å²) in [6, 6.07) is 0. The quantitative estimate of drug-likeness (QED) is 0.524. The molecule has 0 aliphatic rings. The van der Waals surface area contributed by atoms with E-state index in [1.54, 1.807) is 0 Å². The van der Waals surface area contributed by atoms with Crippen LogP contribution in [0.3, 0.4) is 0 Å². The van der Waals surface area contributed by atoms with Crippen LogP contribution >= 0.6 is 0 Å². The van der Waals surface area contributed by atoms with Gasteiger partial charge in [-0.3, -0.25) is 0 Å². The number of Topliss-reactive ketones (excluding diaryl/α,β-unsaturated/α-hetero) is 1. The van der Waals surface area contributed by atoms with Crippen molar-refractivity contribution in [1.29, 1.82) is 0 Å². The Kier molecular flexibility index (Phi) is 357. The second kappa shape index (κ2) is 51.2. The molecule has 0 atom stereocenters. The zero-order valence-electron chi connectivity index (χ0n) is 5.54. The van der Waals surface area contributed by atoms with E-state index >= 15 is 0 Å². The van der Waals surface area contributed by atoms with Crippen LogP contribution in [0.5, 0.6) is 0 Å². The first-order valence-corrected chi connectivity index (χ1v) is 1.20. The van der Waals surface area contributed by atoms with Crippen LogP contribution in [0.15, 0.2) is 0 Å². The first-order valence-electron chi connectivity index (χ1n) is 1.20. The molecule has 0 saturated carbocycles. The molecule has 0 aromatic carbocycles. The van der Waals surface area contributed by atoms with Gasteiger partial charge in [-0.2, -0.15) is 0 Å². The van der Waals surface area contributed by atoms with Crippen molar-refractivity contribution in [3.63, 3.8) is 0 Å². The maximum atomic E-state index is 9.44. The zero-order chi connectivity index (χ0) is 3.58. The average Bonchev–Trinajstić information content (AvgIpc) is 0.811. The third-order valence-electron chi connectivity index (χ3n) is 0. The first-order chi connectivity index (χ1) is 1.73. The molecule has 5 nitrogen and oxygen atoms in total. The molecule has 0 spiro atoms. The van der Waals surface area contributed by atoms with Crippen LogP contribution in [-0.2, 0) is 70.1 Å². The summed E-state index contributed by atoms with van der Waals surface area (Å²) in [4.78, 5) is 9.44. The fraction of sp³-hybridized carbons (Fsp3) is 0.667. The van der Waals surface area contributed by atoms with Gasteiger partial charge in [0.05, 0.1) is 0 Å². The number of carbonyl (C=O) groups excluding carboxylic acids is 1. The van der Waals surface area contributed by atoms with Gasteiger partial charge in [-0.05, 0) is 13.8 Å². The molecule has 0 N–H and O–H groups in total. The van der Waals surface area contributed by atoms with Crippen molar-refractivity contribution in [3.05, 3.63) is 0 Å². The van der Waals surface area contributed by atoms with E-state index in [0.717, 1.165) is 0 Å². The monoisotopic (exact) mass is 218 g/mol.